The molecular formula is C11H5BrCl2FNO. The second kappa shape index (κ2) is 4.52. The highest BCUT2D eigenvalue weighted by Crippen LogP contribution is 2.35. The number of hydrogen-bond donors (Lipinski definition) is 0. The zero-order chi connectivity index (χ0) is 12.7. The highest BCUT2D eigenvalue weighted by Gasteiger charge is 2.17. The van der Waals surface area contributed by atoms with Crippen molar-refractivity contribution < 1.29 is 9.18 Å². The van der Waals surface area contributed by atoms with E-state index in [9.17, 15) is 9.18 Å². The van der Waals surface area contributed by atoms with E-state index >= 15 is 0 Å². The van der Waals surface area contributed by atoms with Crippen molar-refractivity contribution in [2.45, 2.75) is 6.92 Å². The highest BCUT2D eigenvalue weighted by atomic mass is 79.9. The third-order valence-electron chi connectivity index (χ3n) is 2.39. The lowest BCUT2D eigenvalue weighted by molar-refractivity contribution is 0.112. The number of pyridine rings is 1. The zero-order valence-corrected chi connectivity index (χ0v) is 11.6. The molecule has 0 saturated heterocycles. The Hall–Kier alpha value is -0.710. The monoisotopic (exact) mass is 335 g/mol. The molecule has 0 aliphatic heterocycles. The summed E-state index contributed by atoms with van der Waals surface area (Å²) in [6.07, 6.45) is 0.506. The molecule has 2 nitrogen and oxygen atoms in total. The van der Waals surface area contributed by atoms with E-state index in [4.69, 9.17) is 23.2 Å². The summed E-state index contributed by atoms with van der Waals surface area (Å²) in [5, 5.41) is 0.382. The summed E-state index contributed by atoms with van der Waals surface area (Å²) in [4.78, 5) is 14.7. The van der Waals surface area contributed by atoms with Crippen molar-refractivity contribution in [1.82, 2.24) is 4.98 Å². The van der Waals surface area contributed by atoms with Gasteiger partial charge in [-0.3, -0.25) is 4.79 Å². The van der Waals surface area contributed by atoms with E-state index in [1.54, 1.807) is 13.0 Å². The number of carbonyl (C=O) groups is 1. The van der Waals surface area contributed by atoms with E-state index in [0.29, 0.717) is 21.7 Å². The van der Waals surface area contributed by atoms with Crippen LogP contribution >= 0.6 is 39.1 Å². The lowest BCUT2D eigenvalue weighted by Crippen LogP contribution is -1.95. The molecular weight excluding hydrogens is 332 g/mol. The Bertz CT molecular complexity index is 645. The van der Waals surface area contributed by atoms with Gasteiger partial charge in [-0.15, -0.1) is 0 Å². The molecule has 0 radical (unpaired) electrons. The fraction of sp³-hybridized carbons (Fsp3) is 0.0909. The largest absolute Gasteiger partial charge is 0.298 e. The van der Waals surface area contributed by atoms with Gasteiger partial charge >= 0.3 is 0 Å². The molecule has 88 valence electrons. The second-order valence-corrected chi connectivity index (χ2v) is 4.99. The fourth-order valence-corrected chi connectivity index (χ4v) is 2.37. The molecule has 17 heavy (non-hydrogen) atoms. The smallest absolute Gasteiger partial charge is 0.163 e. The Morgan fingerprint density at radius 3 is 2.71 bits per heavy atom. The molecule has 0 aliphatic carbocycles. The quantitative estimate of drug-likeness (QED) is 0.564. The number of halogens is 4. The number of hydrogen-bond acceptors (Lipinski definition) is 2. The molecule has 6 heteroatoms. The lowest BCUT2D eigenvalue weighted by Gasteiger charge is -2.08. The summed E-state index contributed by atoms with van der Waals surface area (Å²) in [7, 11) is 0. The van der Waals surface area contributed by atoms with Gasteiger partial charge in [-0.1, -0.05) is 23.2 Å². The van der Waals surface area contributed by atoms with Crippen LogP contribution in [0.15, 0.2) is 10.5 Å². The number of fused-ring (bicyclic) bond motifs is 1. The zero-order valence-electron chi connectivity index (χ0n) is 8.52. The number of benzene rings is 1. The van der Waals surface area contributed by atoms with Crippen LogP contribution in [0.1, 0.15) is 15.9 Å². The standard InChI is InChI=1S/C11H5BrCl2FNO/c1-4-2-5-8(13)6(3-17)11(14)16-10(5)9(15)7(4)12/h2-3H,1H3. The minimum atomic E-state index is -0.541. The molecule has 1 heterocycles. The molecule has 0 spiro atoms. The highest BCUT2D eigenvalue weighted by molar-refractivity contribution is 9.10. The molecule has 0 atom stereocenters. The van der Waals surface area contributed by atoms with E-state index in [1.807, 2.05) is 0 Å². The van der Waals surface area contributed by atoms with Crippen LogP contribution in [0.2, 0.25) is 10.2 Å². The molecule has 2 rings (SSSR count). The first-order valence-electron chi connectivity index (χ1n) is 4.55. The van der Waals surface area contributed by atoms with Gasteiger partial charge in [0.1, 0.15) is 10.7 Å². The first-order valence-corrected chi connectivity index (χ1v) is 6.10. The Balaban J connectivity index is 3.02. The maximum Gasteiger partial charge on any atom is 0.163 e. The average Bonchev–Trinajstić information content (AvgIpc) is 2.29. The maximum absolute atomic E-state index is 13.9. The third kappa shape index (κ3) is 1.94. The van der Waals surface area contributed by atoms with Crippen LogP contribution in [0.3, 0.4) is 0 Å². The van der Waals surface area contributed by atoms with E-state index in [-0.39, 0.29) is 21.3 Å². The van der Waals surface area contributed by atoms with Crippen molar-refractivity contribution in [2.75, 3.05) is 0 Å². The van der Waals surface area contributed by atoms with E-state index in [1.165, 1.54) is 0 Å². The Kier molecular flexibility index (Phi) is 3.39. The summed E-state index contributed by atoms with van der Waals surface area (Å²) < 4.78 is 14.2. The van der Waals surface area contributed by atoms with Crippen LogP contribution in [0, 0.1) is 12.7 Å². The van der Waals surface area contributed by atoms with Gasteiger partial charge in [-0.05, 0) is 34.5 Å². The van der Waals surface area contributed by atoms with Gasteiger partial charge in [0.25, 0.3) is 0 Å². The van der Waals surface area contributed by atoms with E-state index in [0.717, 1.165) is 0 Å². The average molecular weight is 337 g/mol. The molecule has 0 amide bonds. The second-order valence-electron chi connectivity index (χ2n) is 3.47. The Morgan fingerprint density at radius 2 is 2.12 bits per heavy atom. The topological polar surface area (TPSA) is 30.0 Å². The molecule has 0 fully saturated rings. The number of nitrogens with zero attached hydrogens (tertiary/aromatic N) is 1. The van der Waals surface area contributed by atoms with Crippen molar-refractivity contribution >= 4 is 56.3 Å². The molecule has 0 saturated carbocycles. The minimum Gasteiger partial charge on any atom is -0.298 e. The van der Waals surface area contributed by atoms with Gasteiger partial charge < -0.3 is 0 Å². The lowest BCUT2D eigenvalue weighted by atomic mass is 10.1. The SMILES string of the molecule is Cc1cc2c(Cl)c(C=O)c(Cl)nc2c(F)c1Br. The van der Waals surface area contributed by atoms with Crippen molar-refractivity contribution in [3.8, 4) is 0 Å². The molecule has 1 aromatic heterocycles. The molecule has 0 N–H and O–H groups in total. The van der Waals surface area contributed by atoms with Gasteiger partial charge in [-0.2, -0.15) is 0 Å². The summed E-state index contributed by atoms with van der Waals surface area (Å²) in [6.45, 7) is 1.72. The molecule has 0 unspecified atom stereocenters. The minimum absolute atomic E-state index is 0.0445. The van der Waals surface area contributed by atoms with Crippen LogP contribution in [0.4, 0.5) is 4.39 Å². The molecule has 1 aromatic carbocycles. The van der Waals surface area contributed by atoms with Crippen LogP contribution in [-0.2, 0) is 0 Å². The van der Waals surface area contributed by atoms with Crippen molar-refractivity contribution in [3.05, 3.63) is 37.7 Å². The first kappa shape index (κ1) is 12.7. The van der Waals surface area contributed by atoms with Gasteiger partial charge in [0.05, 0.1) is 15.1 Å². The van der Waals surface area contributed by atoms with Crippen LogP contribution in [0.25, 0.3) is 10.9 Å². The van der Waals surface area contributed by atoms with Gasteiger partial charge in [0, 0.05) is 5.39 Å². The predicted octanol–water partition coefficient (Wildman–Crippen LogP) is 4.56. The third-order valence-corrected chi connectivity index (χ3v) is 4.05. The fourth-order valence-electron chi connectivity index (χ4n) is 1.51. The first-order chi connectivity index (χ1) is 7.97. The van der Waals surface area contributed by atoms with Crippen LogP contribution in [-0.4, -0.2) is 11.3 Å². The van der Waals surface area contributed by atoms with Gasteiger partial charge in [-0.25, -0.2) is 9.37 Å². The summed E-state index contributed by atoms with van der Waals surface area (Å²) in [5.74, 6) is -0.541. The number of aryl methyl sites for hydroxylation is 1. The van der Waals surface area contributed by atoms with E-state index < -0.39 is 5.82 Å². The van der Waals surface area contributed by atoms with Gasteiger partial charge in [0.15, 0.2) is 12.1 Å². The van der Waals surface area contributed by atoms with Crippen molar-refractivity contribution in [1.29, 1.82) is 0 Å². The summed E-state index contributed by atoms with van der Waals surface area (Å²) in [5.41, 5.74) is 0.780. The van der Waals surface area contributed by atoms with Crippen LogP contribution < -0.4 is 0 Å². The Morgan fingerprint density at radius 1 is 1.47 bits per heavy atom. The maximum atomic E-state index is 13.9. The van der Waals surface area contributed by atoms with E-state index in [2.05, 4.69) is 20.9 Å². The molecule has 2 aromatic rings. The summed E-state index contributed by atoms with van der Waals surface area (Å²) in [6, 6.07) is 1.65. The van der Waals surface area contributed by atoms with Gasteiger partial charge in [0.2, 0.25) is 0 Å². The van der Waals surface area contributed by atoms with Crippen molar-refractivity contribution in [3.63, 3.8) is 0 Å². The van der Waals surface area contributed by atoms with Crippen molar-refractivity contribution in [2.24, 2.45) is 0 Å². The number of aldehydes is 1. The molecule has 0 bridgehead atoms. The van der Waals surface area contributed by atoms with Crippen LogP contribution in [0.5, 0.6) is 0 Å². The predicted molar refractivity (Wildman–Crippen MR) is 69.5 cm³/mol. The number of aromatic nitrogens is 1. The number of rotatable bonds is 1. The summed E-state index contributed by atoms with van der Waals surface area (Å²) >= 11 is 14.9. The Labute approximate surface area is 115 Å². The normalized spacial score (nSPS) is 10.9. The number of carbonyl (C=O) groups excluding carboxylic acids is 1. The molecule has 0 aliphatic rings.